The fraction of sp³-hybridized carbons (Fsp3) is 0.500. The lowest BCUT2D eigenvalue weighted by atomic mass is 10.3. The summed E-state index contributed by atoms with van der Waals surface area (Å²) in [6.45, 7) is 2.80. The van der Waals surface area contributed by atoms with Gasteiger partial charge in [-0.1, -0.05) is 12.1 Å². The Morgan fingerprint density at radius 2 is 1.89 bits per heavy atom. The summed E-state index contributed by atoms with van der Waals surface area (Å²) in [5, 5.41) is 6.28. The Hall–Kier alpha value is -1.15. The van der Waals surface area contributed by atoms with Crippen LogP contribution in [-0.4, -0.2) is 48.8 Å². The molecule has 7 heteroatoms. The van der Waals surface area contributed by atoms with Gasteiger partial charge in [-0.15, -0.1) is 0 Å². The predicted octanol–water partition coefficient (Wildman–Crippen LogP) is 0.243. The maximum atomic E-state index is 11.8. The van der Waals surface area contributed by atoms with Gasteiger partial charge in [0, 0.05) is 26.7 Å². The van der Waals surface area contributed by atoms with Crippen molar-refractivity contribution in [2.45, 2.75) is 4.90 Å². The van der Waals surface area contributed by atoms with Crippen LogP contribution in [0, 0.1) is 0 Å². The molecule has 0 heterocycles. The van der Waals surface area contributed by atoms with Gasteiger partial charge >= 0.3 is 0 Å². The van der Waals surface area contributed by atoms with E-state index in [-0.39, 0.29) is 4.90 Å². The van der Waals surface area contributed by atoms with Crippen LogP contribution in [0.3, 0.4) is 0 Å². The van der Waals surface area contributed by atoms with Crippen molar-refractivity contribution in [1.29, 1.82) is 0 Å². The first-order chi connectivity index (χ1) is 9.11. The van der Waals surface area contributed by atoms with Crippen LogP contribution in [0.4, 0.5) is 5.69 Å². The number of nitrogens with one attached hydrogen (secondary N) is 3. The summed E-state index contributed by atoms with van der Waals surface area (Å²) in [7, 11) is -0.380. The first-order valence-electron chi connectivity index (χ1n) is 6.08. The van der Waals surface area contributed by atoms with E-state index in [4.69, 9.17) is 4.74 Å². The summed E-state index contributed by atoms with van der Waals surface area (Å²) in [6.07, 6.45) is 0. The lowest BCUT2D eigenvalue weighted by Gasteiger charge is -2.12. The second kappa shape index (κ2) is 8.11. The van der Waals surface area contributed by atoms with Crippen LogP contribution in [0.25, 0.3) is 0 Å². The molecule has 0 unspecified atom stereocenters. The van der Waals surface area contributed by atoms with E-state index in [1.165, 1.54) is 7.05 Å². The second-order valence-electron chi connectivity index (χ2n) is 3.87. The third-order valence-corrected chi connectivity index (χ3v) is 4.02. The number of benzene rings is 1. The molecular weight excluding hydrogens is 266 g/mol. The average Bonchev–Trinajstić information content (AvgIpc) is 2.43. The Labute approximate surface area is 114 Å². The minimum atomic E-state index is -3.43. The van der Waals surface area contributed by atoms with E-state index in [0.29, 0.717) is 18.8 Å². The van der Waals surface area contributed by atoms with Gasteiger partial charge in [-0.3, -0.25) is 0 Å². The van der Waals surface area contributed by atoms with Gasteiger partial charge in [0.25, 0.3) is 0 Å². The third-order valence-electron chi connectivity index (χ3n) is 2.55. The second-order valence-corrected chi connectivity index (χ2v) is 5.73. The SMILES string of the molecule is CNS(=O)(=O)c1ccccc1NCCNCCOC. The molecule has 0 saturated heterocycles. The van der Waals surface area contributed by atoms with E-state index >= 15 is 0 Å². The molecule has 0 aliphatic carbocycles. The summed E-state index contributed by atoms with van der Waals surface area (Å²) in [4.78, 5) is 0.259. The monoisotopic (exact) mass is 287 g/mol. The molecule has 1 aromatic rings. The molecule has 0 atom stereocenters. The number of anilines is 1. The van der Waals surface area contributed by atoms with E-state index in [1.807, 2.05) is 0 Å². The van der Waals surface area contributed by atoms with Crippen molar-refractivity contribution < 1.29 is 13.2 Å². The van der Waals surface area contributed by atoms with Crippen molar-refractivity contribution in [3.05, 3.63) is 24.3 Å². The molecule has 0 aliphatic heterocycles. The predicted molar refractivity (Wildman–Crippen MR) is 75.9 cm³/mol. The highest BCUT2D eigenvalue weighted by atomic mass is 32.2. The van der Waals surface area contributed by atoms with Crippen LogP contribution < -0.4 is 15.4 Å². The third kappa shape index (κ3) is 5.15. The molecule has 0 aliphatic rings. The van der Waals surface area contributed by atoms with Crippen molar-refractivity contribution in [3.63, 3.8) is 0 Å². The molecule has 0 spiro atoms. The van der Waals surface area contributed by atoms with Crippen molar-refractivity contribution in [1.82, 2.24) is 10.0 Å². The summed E-state index contributed by atoms with van der Waals surface area (Å²) < 4.78 is 30.9. The standard InChI is InChI=1S/C12H21N3O3S/c1-13-19(16,17)12-6-4-3-5-11(12)15-8-7-14-9-10-18-2/h3-6,13-15H,7-10H2,1-2H3. The van der Waals surface area contributed by atoms with E-state index in [9.17, 15) is 8.42 Å². The van der Waals surface area contributed by atoms with E-state index < -0.39 is 10.0 Å². The fourth-order valence-corrected chi connectivity index (χ4v) is 2.45. The molecule has 0 radical (unpaired) electrons. The molecule has 108 valence electrons. The molecule has 3 N–H and O–H groups in total. The zero-order valence-electron chi connectivity index (χ0n) is 11.3. The molecule has 19 heavy (non-hydrogen) atoms. The average molecular weight is 287 g/mol. The van der Waals surface area contributed by atoms with Gasteiger partial charge in [0.2, 0.25) is 10.0 Å². The van der Waals surface area contributed by atoms with Gasteiger partial charge in [0.15, 0.2) is 0 Å². The van der Waals surface area contributed by atoms with Crippen molar-refractivity contribution in [2.24, 2.45) is 0 Å². The Bertz CT molecular complexity index is 477. The Balaban J connectivity index is 2.55. The smallest absolute Gasteiger partial charge is 0.242 e. The van der Waals surface area contributed by atoms with E-state index in [0.717, 1.165) is 13.1 Å². The topological polar surface area (TPSA) is 79.5 Å². The number of ether oxygens (including phenoxy) is 1. The zero-order valence-corrected chi connectivity index (χ0v) is 12.1. The van der Waals surface area contributed by atoms with Gasteiger partial charge in [0.1, 0.15) is 4.90 Å². The number of rotatable bonds is 9. The highest BCUT2D eigenvalue weighted by Crippen LogP contribution is 2.19. The molecule has 0 amide bonds. The summed E-state index contributed by atoms with van der Waals surface area (Å²) in [6, 6.07) is 6.83. The molecule has 0 aromatic heterocycles. The quantitative estimate of drug-likeness (QED) is 0.567. The molecule has 0 bridgehead atoms. The number of sulfonamides is 1. The number of hydrogen-bond acceptors (Lipinski definition) is 5. The molecular formula is C12H21N3O3S. The zero-order chi connectivity index (χ0) is 14.1. The molecule has 0 saturated carbocycles. The van der Waals surface area contributed by atoms with Crippen LogP contribution in [0.2, 0.25) is 0 Å². The normalized spacial score (nSPS) is 11.5. The maximum Gasteiger partial charge on any atom is 0.242 e. The van der Waals surface area contributed by atoms with Gasteiger partial charge in [-0.2, -0.15) is 0 Å². The summed E-state index contributed by atoms with van der Waals surface area (Å²) >= 11 is 0. The van der Waals surface area contributed by atoms with Gasteiger partial charge in [-0.05, 0) is 19.2 Å². The number of hydrogen-bond donors (Lipinski definition) is 3. The summed E-state index contributed by atoms with van der Waals surface area (Å²) in [5.41, 5.74) is 0.602. The summed E-state index contributed by atoms with van der Waals surface area (Å²) in [5.74, 6) is 0. The highest BCUT2D eigenvalue weighted by Gasteiger charge is 2.15. The van der Waals surface area contributed by atoms with Crippen LogP contribution >= 0.6 is 0 Å². The number of methoxy groups -OCH3 is 1. The Morgan fingerprint density at radius 3 is 2.58 bits per heavy atom. The minimum Gasteiger partial charge on any atom is -0.383 e. The maximum absolute atomic E-state index is 11.8. The first-order valence-corrected chi connectivity index (χ1v) is 7.56. The largest absolute Gasteiger partial charge is 0.383 e. The van der Waals surface area contributed by atoms with Crippen LogP contribution in [0.1, 0.15) is 0 Å². The van der Waals surface area contributed by atoms with Crippen molar-refractivity contribution in [2.75, 3.05) is 45.7 Å². The van der Waals surface area contributed by atoms with Crippen molar-refractivity contribution >= 4 is 15.7 Å². The fourth-order valence-electron chi connectivity index (χ4n) is 1.54. The van der Waals surface area contributed by atoms with Gasteiger partial charge in [0.05, 0.1) is 12.3 Å². The lowest BCUT2D eigenvalue weighted by molar-refractivity contribution is 0.200. The molecule has 1 rings (SSSR count). The van der Waals surface area contributed by atoms with E-state index in [1.54, 1.807) is 31.4 Å². The lowest BCUT2D eigenvalue weighted by Crippen LogP contribution is -2.26. The van der Waals surface area contributed by atoms with Crippen LogP contribution in [0.15, 0.2) is 29.2 Å². The van der Waals surface area contributed by atoms with Gasteiger partial charge in [-0.25, -0.2) is 13.1 Å². The van der Waals surface area contributed by atoms with Crippen LogP contribution in [-0.2, 0) is 14.8 Å². The van der Waals surface area contributed by atoms with E-state index in [2.05, 4.69) is 15.4 Å². The Morgan fingerprint density at radius 1 is 1.16 bits per heavy atom. The van der Waals surface area contributed by atoms with Crippen molar-refractivity contribution in [3.8, 4) is 0 Å². The Kier molecular flexibility index (Phi) is 6.79. The highest BCUT2D eigenvalue weighted by molar-refractivity contribution is 7.89. The molecule has 0 fully saturated rings. The number of para-hydroxylation sites is 1. The van der Waals surface area contributed by atoms with Gasteiger partial charge < -0.3 is 15.4 Å². The van der Waals surface area contributed by atoms with Crippen LogP contribution in [0.5, 0.6) is 0 Å². The first kappa shape index (κ1) is 15.9. The molecule has 1 aromatic carbocycles. The molecule has 6 nitrogen and oxygen atoms in total. The minimum absolute atomic E-state index is 0.259.